The smallest absolute Gasteiger partial charge is 0.416 e. The zero-order valence-corrected chi connectivity index (χ0v) is 22.2. The van der Waals surface area contributed by atoms with Crippen LogP contribution in [0, 0.1) is 0 Å². The highest BCUT2D eigenvalue weighted by Gasteiger charge is 2.34. The number of nitrogens with one attached hydrogen (secondary N) is 2. The number of hydrogen-bond acceptors (Lipinski definition) is 6. The van der Waals surface area contributed by atoms with Crippen molar-refractivity contribution in [2.45, 2.75) is 25.6 Å². The lowest BCUT2D eigenvalue weighted by Crippen LogP contribution is -2.21. The Morgan fingerprint density at radius 3 is 2.54 bits per heavy atom. The summed E-state index contributed by atoms with van der Waals surface area (Å²) in [5, 5.41) is 7.46. The average Bonchev–Trinajstić information content (AvgIpc) is 3.68. The Bertz CT molecular complexity index is 1630. The molecule has 2 aliphatic rings. The van der Waals surface area contributed by atoms with Crippen molar-refractivity contribution in [3.05, 3.63) is 95.3 Å². The molecule has 0 bridgehead atoms. The molecule has 0 atom stereocenters. The highest BCUT2D eigenvalue weighted by Crippen LogP contribution is 2.35. The van der Waals surface area contributed by atoms with Crippen LogP contribution in [0.25, 0.3) is 10.8 Å². The van der Waals surface area contributed by atoms with Crippen molar-refractivity contribution in [2.24, 2.45) is 4.99 Å². The topological polar surface area (TPSA) is 78.9 Å². The summed E-state index contributed by atoms with van der Waals surface area (Å²) in [7, 11) is 0. The standard InChI is InChI=1S/C31H28F3N5O2/c32-31(33,34)27-17-24(7-5-22(27)19-39-13-1-2-14-39)38-30(40)21-4-3-20-6-8-25(16-23(20)15-21)41-26-9-10-35-28(18-26)29-36-11-12-37-29/h3-10,15-18H,1-2,11-14,19H2,(H,36,37)(H,38,40). The van der Waals surface area contributed by atoms with Crippen molar-refractivity contribution in [3.63, 3.8) is 0 Å². The van der Waals surface area contributed by atoms with Crippen LogP contribution in [0.4, 0.5) is 18.9 Å². The molecule has 3 aromatic carbocycles. The van der Waals surface area contributed by atoms with Gasteiger partial charge in [-0.15, -0.1) is 0 Å². The second-order valence-corrected chi connectivity index (χ2v) is 10.2. The Labute approximate surface area is 235 Å². The Hall–Kier alpha value is -4.44. The van der Waals surface area contributed by atoms with Gasteiger partial charge in [0.1, 0.15) is 23.0 Å². The molecule has 7 nitrogen and oxygen atoms in total. The van der Waals surface area contributed by atoms with Gasteiger partial charge in [0, 0.05) is 36.6 Å². The number of nitrogens with zero attached hydrogens (tertiary/aromatic N) is 3. The summed E-state index contributed by atoms with van der Waals surface area (Å²) in [6.45, 7) is 3.31. The van der Waals surface area contributed by atoms with Crippen LogP contribution in [0.5, 0.6) is 11.5 Å². The molecule has 1 aromatic heterocycles. The molecule has 41 heavy (non-hydrogen) atoms. The molecule has 0 unspecified atom stereocenters. The van der Waals surface area contributed by atoms with Crippen LogP contribution in [-0.4, -0.2) is 47.8 Å². The van der Waals surface area contributed by atoms with Gasteiger partial charge in [-0.2, -0.15) is 13.2 Å². The Balaban J connectivity index is 1.20. The fourth-order valence-corrected chi connectivity index (χ4v) is 5.18. The number of alkyl halides is 3. The number of benzene rings is 3. The molecule has 1 fully saturated rings. The van der Waals surface area contributed by atoms with Crippen molar-refractivity contribution in [1.29, 1.82) is 0 Å². The van der Waals surface area contributed by atoms with Gasteiger partial charge in [-0.1, -0.05) is 18.2 Å². The second-order valence-electron chi connectivity index (χ2n) is 10.2. The number of amidine groups is 1. The van der Waals surface area contributed by atoms with E-state index in [1.54, 1.807) is 36.5 Å². The largest absolute Gasteiger partial charge is 0.457 e. The molecule has 3 heterocycles. The first-order chi connectivity index (χ1) is 19.8. The number of anilines is 1. The molecule has 1 amide bonds. The molecule has 0 aliphatic carbocycles. The number of likely N-dealkylation sites (tertiary alicyclic amines) is 1. The van der Waals surface area contributed by atoms with Crippen LogP contribution in [-0.2, 0) is 12.7 Å². The first-order valence-electron chi connectivity index (χ1n) is 13.5. The van der Waals surface area contributed by atoms with E-state index in [-0.39, 0.29) is 17.8 Å². The van der Waals surface area contributed by atoms with Gasteiger partial charge in [-0.3, -0.25) is 19.7 Å². The second kappa shape index (κ2) is 11.2. The van der Waals surface area contributed by atoms with Crippen LogP contribution >= 0.6 is 0 Å². The highest BCUT2D eigenvalue weighted by molar-refractivity contribution is 6.06. The molecule has 210 valence electrons. The summed E-state index contributed by atoms with van der Waals surface area (Å²) in [5.74, 6) is 1.39. The number of carbonyl (C=O) groups is 1. The number of amides is 1. The van der Waals surface area contributed by atoms with Crippen molar-refractivity contribution in [3.8, 4) is 11.5 Å². The first-order valence-corrected chi connectivity index (χ1v) is 13.5. The predicted molar refractivity (Wildman–Crippen MR) is 152 cm³/mol. The maximum Gasteiger partial charge on any atom is 0.416 e. The molecule has 0 spiro atoms. The number of carbonyl (C=O) groups excluding carboxylic acids is 1. The Morgan fingerprint density at radius 1 is 0.951 bits per heavy atom. The summed E-state index contributed by atoms with van der Waals surface area (Å²) in [6.07, 6.45) is -0.883. The maximum absolute atomic E-state index is 13.9. The van der Waals surface area contributed by atoms with Crippen molar-refractivity contribution in [2.75, 3.05) is 31.5 Å². The molecule has 1 saturated heterocycles. The summed E-state index contributed by atoms with van der Waals surface area (Å²) in [5.41, 5.74) is 0.597. The van der Waals surface area contributed by atoms with Gasteiger partial charge in [-0.05, 0) is 84.7 Å². The van der Waals surface area contributed by atoms with Gasteiger partial charge >= 0.3 is 6.18 Å². The van der Waals surface area contributed by atoms with Gasteiger partial charge in [-0.25, -0.2) is 0 Å². The third-order valence-electron chi connectivity index (χ3n) is 7.22. The molecule has 10 heteroatoms. The van der Waals surface area contributed by atoms with Gasteiger partial charge in [0.15, 0.2) is 0 Å². The SMILES string of the molecule is O=C(Nc1ccc(CN2CCCC2)c(C(F)(F)F)c1)c1ccc2ccc(Oc3ccnc(C4=NCCN4)c3)cc2c1. The number of ether oxygens (including phenoxy) is 1. The molecular weight excluding hydrogens is 531 g/mol. The van der Waals surface area contributed by atoms with E-state index in [0.717, 1.165) is 55.2 Å². The van der Waals surface area contributed by atoms with E-state index < -0.39 is 17.6 Å². The minimum Gasteiger partial charge on any atom is -0.457 e. The van der Waals surface area contributed by atoms with E-state index >= 15 is 0 Å². The summed E-state index contributed by atoms with van der Waals surface area (Å²) in [6, 6.07) is 18.2. The molecule has 0 radical (unpaired) electrons. The van der Waals surface area contributed by atoms with E-state index in [1.807, 2.05) is 23.1 Å². The lowest BCUT2D eigenvalue weighted by molar-refractivity contribution is -0.138. The van der Waals surface area contributed by atoms with E-state index in [0.29, 0.717) is 29.3 Å². The fraction of sp³-hybridized carbons (Fsp3) is 0.258. The maximum atomic E-state index is 13.9. The number of pyridine rings is 1. The van der Waals surface area contributed by atoms with Gasteiger partial charge in [0.05, 0.1) is 12.1 Å². The zero-order chi connectivity index (χ0) is 28.4. The van der Waals surface area contributed by atoms with Crippen molar-refractivity contribution < 1.29 is 22.7 Å². The van der Waals surface area contributed by atoms with Crippen LogP contribution in [0.3, 0.4) is 0 Å². The highest BCUT2D eigenvalue weighted by atomic mass is 19.4. The molecule has 2 aliphatic heterocycles. The van der Waals surface area contributed by atoms with Crippen molar-refractivity contribution >= 4 is 28.2 Å². The fourth-order valence-electron chi connectivity index (χ4n) is 5.18. The normalized spacial score (nSPS) is 15.5. The average molecular weight is 560 g/mol. The van der Waals surface area contributed by atoms with Crippen LogP contribution in [0.15, 0.2) is 77.9 Å². The van der Waals surface area contributed by atoms with E-state index in [9.17, 15) is 18.0 Å². The zero-order valence-electron chi connectivity index (χ0n) is 22.2. The third-order valence-corrected chi connectivity index (χ3v) is 7.22. The molecule has 4 aromatic rings. The predicted octanol–water partition coefficient (Wildman–Crippen LogP) is 6.24. The molecule has 6 rings (SSSR count). The van der Waals surface area contributed by atoms with Gasteiger partial charge in [0.2, 0.25) is 0 Å². The lowest BCUT2D eigenvalue weighted by atomic mass is 10.0. The quantitative estimate of drug-likeness (QED) is 0.280. The number of hydrogen-bond donors (Lipinski definition) is 2. The minimum absolute atomic E-state index is 0.0968. The van der Waals surface area contributed by atoms with E-state index in [4.69, 9.17) is 4.74 Å². The minimum atomic E-state index is -4.52. The molecule has 0 saturated carbocycles. The Kier molecular flexibility index (Phi) is 7.32. The lowest BCUT2D eigenvalue weighted by Gasteiger charge is -2.20. The number of halogens is 3. The van der Waals surface area contributed by atoms with E-state index in [1.165, 1.54) is 12.1 Å². The van der Waals surface area contributed by atoms with E-state index in [2.05, 4.69) is 20.6 Å². The number of rotatable bonds is 7. The van der Waals surface area contributed by atoms with Gasteiger partial charge in [0.25, 0.3) is 5.91 Å². The van der Waals surface area contributed by atoms with Crippen LogP contribution < -0.4 is 15.4 Å². The third kappa shape index (κ3) is 6.17. The number of fused-ring (bicyclic) bond motifs is 1. The molecular formula is C31H28F3N5O2. The molecule has 2 N–H and O–H groups in total. The number of aliphatic imine (C=N–C) groups is 1. The summed E-state index contributed by atoms with van der Waals surface area (Å²) in [4.78, 5) is 23.8. The van der Waals surface area contributed by atoms with Crippen LogP contribution in [0.2, 0.25) is 0 Å². The first kappa shape index (κ1) is 26.8. The summed E-state index contributed by atoms with van der Waals surface area (Å²) >= 11 is 0. The monoisotopic (exact) mass is 559 g/mol. The van der Waals surface area contributed by atoms with Crippen molar-refractivity contribution in [1.82, 2.24) is 15.2 Å². The summed E-state index contributed by atoms with van der Waals surface area (Å²) < 4.78 is 47.7. The van der Waals surface area contributed by atoms with Crippen LogP contribution in [0.1, 0.15) is 40.0 Å². The van der Waals surface area contributed by atoms with Gasteiger partial charge < -0.3 is 15.4 Å². The number of aromatic nitrogens is 1. The Morgan fingerprint density at radius 2 is 1.76 bits per heavy atom.